The summed E-state index contributed by atoms with van der Waals surface area (Å²) in [5, 5.41) is 19.4. The highest BCUT2D eigenvalue weighted by Gasteiger charge is 2.17. The van der Waals surface area contributed by atoms with Gasteiger partial charge in [0.05, 0.1) is 17.0 Å². The number of nitrogens with zero attached hydrogens (tertiary/aromatic N) is 2. The summed E-state index contributed by atoms with van der Waals surface area (Å²) in [5.74, 6) is -2.27. The topological polar surface area (TPSA) is 102 Å². The number of aromatic carboxylic acids is 1. The first-order valence-corrected chi connectivity index (χ1v) is 5.75. The van der Waals surface area contributed by atoms with E-state index in [0.717, 1.165) is 16.7 Å². The third-order valence-corrected chi connectivity index (χ3v) is 2.84. The molecule has 0 atom stereocenters. The summed E-state index contributed by atoms with van der Waals surface area (Å²) in [6, 6.07) is 5.75. The van der Waals surface area contributed by atoms with Crippen LogP contribution in [0, 0.1) is 15.9 Å². The molecule has 2 aromatic rings. The van der Waals surface area contributed by atoms with Crippen molar-refractivity contribution in [2.24, 2.45) is 0 Å². The molecule has 0 spiro atoms. The number of nitro groups is 1. The second-order valence-electron chi connectivity index (χ2n) is 4.19. The molecule has 108 valence electrons. The molecule has 0 fully saturated rings. The SMILES string of the molecule is O=C(O)c1ccn(Cc2cccc([N+](=O)[O-])c2F)c(=O)c1. The highest BCUT2D eigenvalue weighted by Crippen LogP contribution is 2.20. The fraction of sp³-hybridized carbons (Fsp3) is 0.0769. The van der Waals surface area contributed by atoms with Crippen molar-refractivity contribution < 1.29 is 19.2 Å². The molecule has 0 saturated heterocycles. The maximum Gasteiger partial charge on any atom is 0.335 e. The summed E-state index contributed by atoms with van der Waals surface area (Å²) in [6.45, 7) is -0.230. The van der Waals surface area contributed by atoms with Crippen LogP contribution in [0.25, 0.3) is 0 Å². The Bertz CT molecular complexity index is 784. The van der Waals surface area contributed by atoms with Gasteiger partial charge in [-0.3, -0.25) is 14.9 Å². The van der Waals surface area contributed by atoms with Gasteiger partial charge in [-0.2, -0.15) is 4.39 Å². The van der Waals surface area contributed by atoms with Crippen molar-refractivity contribution in [2.75, 3.05) is 0 Å². The van der Waals surface area contributed by atoms with E-state index in [1.54, 1.807) is 0 Å². The van der Waals surface area contributed by atoms with E-state index >= 15 is 0 Å². The van der Waals surface area contributed by atoms with Crippen molar-refractivity contribution in [3.05, 3.63) is 73.9 Å². The average molecular weight is 292 g/mol. The van der Waals surface area contributed by atoms with Gasteiger partial charge < -0.3 is 9.67 Å². The summed E-state index contributed by atoms with van der Waals surface area (Å²) >= 11 is 0. The second kappa shape index (κ2) is 5.53. The number of nitro benzene ring substituents is 1. The van der Waals surface area contributed by atoms with Crippen LogP contribution in [-0.4, -0.2) is 20.6 Å². The van der Waals surface area contributed by atoms with Crippen LogP contribution in [0.5, 0.6) is 0 Å². The molecular weight excluding hydrogens is 283 g/mol. The summed E-state index contributed by atoms with van der Waals surface area (Å²) < 4.78 is 15.0. The molecule has 0 radical (unpaired) electrons. The van der Waals surface area contributed by atoms with Gasteiger partial charge >= 0.3 is 11.7 Å². The molecule has 1 aromatic heterocycles. The van der Waals surface area contributed by atoms with E-state index in [9.17, 15) is 24.1 Å². The quantitative estimate of drug-likeness (QED) is 0.681. The molecule has 1 heterocycles. The Morgan fingerprint density at radius 2 is 2.10 bits per heavy atom. The van der Waals surface area contributed by atoms with Crippen LogP contribution in [0.3, 0.4) is 0 Å². The number of carboxylic acid groups (broad SMARTS) is 1. The predicted molar refractivity (Wildman–Crippen MR) is 69.8 cm³/mol. The summed E-state index contributed by atoms with van der Waals surface area (Å²) in [5.41, 5.74) is -1.53. The van der Waals surface area contributed by atoms with Crippen molar-refractivity contribution >= 4 is 11.7 Å². The zero-order valence-electron chi connectivity index (χ0n) is 10.5. The smallest absolute Gasteiger partial charge is 0.335 e. The number of hydrogen-bond donors (Lipinski definition) is 1. The number of carbonyl (C=O) groups is 1. The van der Waals surface area contributed by atoms with Crippen LogP contribution in [-0.2, 0) is 6.54 Å². The van der Waals surface area contributed by atoms with Crippen LogP contribution < -0.4 is 5.56 Å². The Labute approximate surface area is 117 Å². The molecule has 0 unspecified atom stereocenters. The molecule has 0 bridgehead atoms. The van der Waals surface area contributed by atoms with Gasteiger partial charge in [-0.25, -0.2) is 4.79 Å². The van der Waals surface area contributed by atoms with Gasteiger partial charge in [-0.15, -0.1) is 0 Å². The average Bonchev–Trinajstić information content (AvgIpc) is 2.42. The second-order valence-corrected chi connectivity index (χ2v) is 4.19. The lowest BCUT2D eigenvalue weighted by Crippen LogP contribution is -2.21. The predicted octanol–water partition coefficient (Wildman–Crippen LogP) is 1.64. The molecular formula is C13H9FN2O5. The molecule has 1 aromatic carbocycles. The van der Waals surface area contributed by atoms with E-state index in [1.165, 1.54) is 24.4 Å². The molecule has 0 aliphatic heterocycles. The van der Waals surface area contributed by atoms with Gasteiger partial charge in [0, 0.05) is 23.9 Å². The number of rotatable bonds is 4. The molecule has 2 rings (SSSR count). The van der Waals surface area contributed by atoms with E-state index in [2.05, 4.69) is 0 Å². The lowest BCUT2D eigenvalue weighted by Gasteiger charge is -2.07. The number of benzene rings is 1. The molecule has 0 amide bonds. The van der Waals surface area contributed by atoms with Crippen molar-refractivity contribution in [1.29, 1.82) is 0 Å². The van der Waals surface area contributed by atoms with Gasteiger partial charge in [0.25, 0.3) is 5.56 Å². The summed E-state index contributed by atoms with van der Waals surface area (Å²) in [4.78, 5) is 32.2. The first kappa shape index (κ1) is 14.4. The molecule has 0 saturated carbocycles. The van der Waals surface area contributed by atoms with Gasteiger partial charge in [0.1, 0.15) is 0 Å². The minimum Gasteiger partial charge on any atom is -0.478 e. The number of carboxylic acids is 1. The van der Waals surface area contributed by atoms with Crippen LogP contribution in [0.4, 0.5) is 10.1 Å². The fourth-order valence-electron chi connectivity index (χ4n) is 1.78. The maximum atomic E-state index is 13.9. The highest BCUT2D eigenvalue weighted by molar-refractivity contribution is 5.87. The summed E-state index contributed by atoms with van der Waals surface area (Å²) in [7, 11) is 0. The summed E-state index contributed by atoms with van der Waals surface area (Å²) in [6.07, 6.45) is 1.20. The third kappa shape index (κ3) is 2.94. The van der Waals surface area contributed by atoms with Crippen LogP contribution in [0.15, 0.2) is 41.3 Å². The fourth-order valence-corrected chi connectivity index (χ4v) is 1.78. The van der Waals surface area contributed by atoms with Crippen LogP contribution in [0.2, 0.25) is 0 Å². The van der Waals surface area contributed by atoms with E-state index in [4.69, 9.17) is 5.11 Å². The van der Waals surface area contributed by atoms with Crippen molar-refractivity contribution in [1.82, 2.24) is 4.57 Å². The number of hydrogen-bond acceptors (Lipinski definition) is 4. The Balaban J connectivity index is 2.39. The minimum atomic E-state index is -1.25. The van der Waals surface area contributed by atoms with Gasteiger partial charge in [0.15, 0.2) is 0 Å². The Kier molecular flexibility index (Phi) is 3.79. The van der Waals surface area contributed by atoms with Gasteiger partial charge in [-0.1, -0.05) is 12.1 Å². The normalized spacial score (nSPS) is 10.3. The van der Waals surface area contributed by atoms with Crippen LogP contribution in [0.1, 0.15) is 15.9 Å². The Hall–Kier alpha value is -3.03. The maximum absolute atomic E-state index is 13.9. The van der Waals surface area contributed by atoms with E-state index in [-0.39, 0.29) is 17.7 Å². The monoisotopic (exact) mass is 292 g/mol. The van der Waals surface area contributed by atoms with Crippen molar-refractivity contribution in [3.63, 3.8) is 0 Å². The van der Waals surface area contributed by atoms with Crippen LogP contribution >= 0.6 is 0 Å². The lowest BCUT2D eigenvalue weighted by molar-refractivity contribution is -0.387. The van der Waals surface area contributed by atoms with Gasteiger partial charge in [-0.05, 0) is 6.07 Å². The molecule has 0 aliphatic rings. The first-order valence-electron chi connectivity index (χ1n) is 5.75. The number of aromatic nitrogens is 1. The number of pyridine rings is 1. The van der Waals surface area contributed by atoms with E-state index in [0.29, 0.717) is 0 Å². The molecule has 1 N–H and O–H groups in total. The molecule has 8 heteroatoms. The van der Waals surface area contributed by atoms with E-state index in [1.807, 2.05) is 0 Å². The third-order valence-electron chi connectivity index (χ3n) is 2.84. The van der Waals surface area contributed by atoms with E-state index < -0.39 is 28.0 Å². The minimum absolute atomic E-state index is 0.0330. The molecule has 21 heavy (non-hydrogen) atoms. The number of halogens is 1. The molecule has 7 nitrogen and oxygen atoms in total. The standard InChI is InChI=1S/C13H9FN2O5/c14-12-9(2-1-3-10(12)16(20)21)7-15-5-4-8(13(18)19)6-11(15)17/h1-6H,7H2,(H,18,19). The largest absolute Gasteiger partial charge is 0.478 e. The zero-order chi connectivity index (χ0) is 15.6. The zero-order valence-corrected chi connectivity index (χ0v) is 10.5. The van der Waals surface area contributed by atoms with Crippen molar-refractivity contribution in [2.45, 2.75) is 6.54 Å². The Morgan fingerprint density at radius 3 is 2.67 bits per heavy atom. The van der Waals surface area contributed by atoms with Crippen molar-refractivity contribution in [3.8, 4) is 0 Å². The highest BCUT2D eigenvalue weighted by atomic mass is 19.1. The van der Waals surface area contributed by atoms with Gasteiger partial charge in [0.2, 0.25) is 5.82 Å². The first-order chi connectivity index (χ1) is 9.90. The lowest BCUT2D eigenvalue weighted by atomic mass is 10.1. The molecule has 0 aliphatic carbocycles. The Morgan fingerprint density at radius 1 is 1.38 bits per heavy atom.